The monoisotopic (exact) mass is 252 g/mol. The van der Waals surface area contributed by atoms with Gasteiger partial charge < -0.3 is 10.2 Å². The van der Waals surface area contributed by atoms with Crippen molar-refractivity contribution >= 4 is 5.91 Å². The fraction of sp³-hybridized carbons (Fsp3) is 0.933. The molecule has 18 heavy (non-hydrogen) atoms. The third-order valence-corrected chi connectivity index (χ3v) is 4.50. The van der Waals surface area contributed by atoms with E-state index in [-0.39, 0.29) is 5.92 Å². The lowest BCUT2D eigenvalue weighted by molar-refractivity contribution is -0.138. The van der Waals surface area contributed by atoms with Crippen molar-refractivity contribution < 1.29 is 4.79 Å². The van der Waals surface area contributed by atoms with Crippen LogP contribution >= 0.6 is 0 Å². The molecule has 1 N–H and O–H groups in total. The van der Waals surface area contributed by atoms with Gasteiger partial charge in [0.1, 0.15) is 0 Å². The molecule has 104 valence electrons. The maximum atomic E-state index is 12.4. The van der Waals surface area contributed by atoms with Crippen LogP contribution in [0.1, 0.15) is 52.4 Å². The summed E-state index contributed by atoms with van der Waals surface area (Å²) in [6.45, 7) is 7.32. The van der Waals surface area contributed by atoms with Crippen molar-refractivity contribution in [2.45, 2.75) is 58.4 Å². The number of nitrogens with zero attached hydrogens (tertiary/aromatic N) is 1. The lowest BCUT2D eigenvalue weighted by Crippen LogP contribution is -2.48. The molecular weight excluding hydrogens is 224 g/mol. The molecule has 2 aliphatic rings. The van der Waals surface area contributed by atoms with Crippen LogP contribution < -0.4 is 5.32 Å². The average Bonchev–Trinajstić information content (AvgIpc) is 2.64. The van der Waals surface area contributed by atoms with E-state index in [1.165, 1.54) is 38.5 Å². The molecule has 0 aromatic carbocycles. The van der Waals surface area contributed by atoms with Crippen LogP contribution in [-0.2, 0) is 4.79 Å². The van der Waals surface area contributed by atoms with Crippen LogP contribution in [0.3, 0.4) is 0 Å². The Bertz CT molecular complexity index is 272. The van der Waals surface area contributed by atoms with Gasteiger partial charge in [0, 0.05) is 18.5 Å². The van der Waals surface area contributed by atoms with Gasteiger partial charge in [0.15, 0.2) is 0 Å². The van der Waals surface area contributed by atoms with E-state index >= 15 is 0 Å². The van der Waals surface area contributed by atoms with E-state index < -0.39 is 0 Å². The zero-order chi connectivity index (χ0) is 13.0. The summed E-state index contributed by atoms with van der Waals surface area (Å²) in [5.74, 6) is 1.25. The molecule has 0 bridgehead atoms. The number of hydrogen-bond acceptors (Lipinski definition) is 2. The SMILES string of the molecule is CC(C)C(=O)N1CCCCCC1C1CCNCC1. The predicted octanol–water partition coefficient (Wildman–Crippen LogP) is 2.41. The Morgan fingerprint density at radius 1 is 1.11 bits per heavy atom. The highest BCUT2D eigenvalue weighted by molar-refractivity contribution is 5.78. The largest absolute Gasteiger partial charge is 0.339 e. The molecule has 2 saturated heterocycles. The van der Waals surface area contributed by atoms with Crippen molar-refractivity contribution in [3.05, 3.63) is 0 Å². The minimum absolute atomic E-state index is 0.146. The lowest BCUT2D eigenvalue weighted by Gasteiger charge is -2.39. The Morgan fingerprint density at radius 3 is 2.50 bits per heavy atom. The van der Waals surface area contributed by atoms with Gasteiger partial charge in [-0.2, -0.15) is 0 Å². The van der Waals surface area contributed by atoms with Crippen molar-refractivity contribution in [1.82, 2.24) is 10.2 Å². The van der Waals surface area contributed by atoms with Gasteiger partial charge in [0.2, 0.25) is 5.91 Å². The minimum Gasteiger partial charge on any atom is -0.339 e. The van der Waals surface area contributed by atoms with Crippen LogP contribution in [0.25, 0.3) is 0 Å². The number of carbonyl (C=O) groups excluding carboxylic acids is 1. The standard InChI is InChI=1S/C15H28N2O/c1-12(2)15(18)17-11-5-3-4-6-14(17)13-7-9-16-10-8-13/h12-14,16H,3-11H2,1-2H3. The first-order valence-corrected chi connectivity index (χ1v) is 7.71. The fourth-order valence-electron chi connectivity index (χ4n) is 3.46. The number of piperidine rings is 1. The zero-order valence-electron chi connectivity index (χ0n) is 12.0. The lowest BCUT2D eigenvalue weighted by atomic mass is 9.86. The molecule has 1 atom stereocenters. The summed E-state index contributed by atoms with van der Waals surface area (Å²) in [7, 11) is 0. The Kier molecular flexibility index (Phi) is 5.04. The minimum atomic E-state index is 0.146. The Labute approximate surface area is 111 Å². The average molecular weight is 252 g/mol. The van der Waals surface area contributed by atoms with E-state index in [4.69, 9.17) is 0 Å². The molecule has 3 heteroatoms. The van der Waals surface area contributed by atoms with Crippen molar-refractivity contribution in [3.63, 3.8) is 0 Å². The summed E-state index contributed by atoms with van der Waals surface area (Å²) in [5, 5.41) is 3.43. The van der Waals surface area contributed by atoms with Crippen LogP contribution in [0.5, 0.6) is 0 Å². The highest BCUT2D eigenvalue weighted by atomic mass is 16.2. The van der Waals surface area contributed by atoms with Crippen LogP contribution in [0, 0.1) is 11.8 Å². The molecule has 0 aromatic heterocycles. The molecule has 1 unspecified atom stereocenters. The number of carbonyl (C=O) groups is 1. The third kappa shape index (κ3) is 3.25. The second-order valence-corrected chi connectivity index (χ2v) is 6.19. The summed E-state index contributed by atoms with van der Waals surface area (Å²) in [5.41, 5.74) is 0. The number of likely N-dealkylation sites (tertiary alicyclic amines) is 1. The summed E-state index contributed by atoms with van der Waals surface area (Å²) in [4.78, 5) is 14.6. The molecule has 0 saturated carbocycles. The smallest absolute Gasteiger partial charge is 0.225 e. The van der Waals surface area contributed by atoms with Crippen LogP contribution in [-0.4, -0.2) is 36.5 Å². The van der Waals surface area contributed by atoms with E-state index in [9.17, 15) is 4.79 Å². The molecule has 2 fully saturated rings. The number of amides is 1. The molecule has 0 aromatic rings. The molecule has 2 heterocycles. The van der Waals surface area contributed by atoms with Crippen LogP contribution in [0.2, 0.25) is 0 Å². The molecule has 1 amide bonds. The van der Waals surface area contributed by atoms with Crippen molar-refractivity contribution in [2.24, 2.45) is 11.8 Å². The predicted molar refractivity (Wildman–Crippen MR) is 74.4 cm³/mol. The first kappa shape index (κ1) is 13.9. The molecular formula is C15H28N2O. The summed E-state index contributed by atoms with van der Waals surface area (Å²) >= 11 is 0. The third-order valence-electron chi connectivity index (χ3n) is 4.50. The molecule has 0 radical (unpaired) electrons. The van der Waals surface area contributed by atoms with Gasteiger partial charge in [0.05, 0.1) is 0 Å². The fourth-order valence-corrected chi connectivity index (χ4v) is 3.46. The second kappa shape index (κ2) is 6.55. The summed E-state index contributed by atoms with van der Waals surface area (Å²) in [6, 6.07) is 0.518. The molecule has 2 aliphatic heterocycles. The summed E-state index contributed by atoms with van der Waals surface area (Å²) < 4.78 is 0. The topological polar surface area (TPSA) is 32.3 Å². The van der Waals surface area contributed by atoms with Gasteiger partial charge in [-0.25, -0.2) is 0 Å². The van der Waals surface area contributed by atoms with Gasteiger partial charge in [-0.05, 0) is 44.7 Å². The van der Waals surface area contributed by atoms with Gasteiger partial charge >= 0.3 is 0 Å². The van der Waals surface area contributed by atoms with Gasteiger partial charge in [0.25, 0.3) is 0 Å². The molecule has 2 rings (SSSR count). The van der Waals surface area contributed by atoms with E-state index in [0.717, 1.165) is 25.6 Å². The van der Waals surface area contributed by atoms with Gasteiger partial charge in [-0.15, -0.1) is 0 Å². The molecule has 3 nitrogen and oxygen atoms in total. The summed E-state index contributed by atoms with van der Waals surface area (Å²) in [6.07, 6.45) is 7.50. The number of nitrogens with one attached hydrogen (secondary N) is 1. The van der Waals surface area contributed by atoms with E-state index in [1.54, 1.807) is 0 Å². The maximum absolute atomic E-state index is 12.4. The van der Waals surface area contributed by atoms with E-state index in [1.807, 2.05) is 13.8 Å². The highest BCUT2D eigenvalue weighted by Gasteiger charge is 2.33. The van der Waals surface area contributed by atoms with Crippen LogP contribution in [0.15, 0.2) is 0 Å². The Morgan fingerprint density at radius 2 is 1.83 bits per heavy atom. The molecule has 0 aliphatic carbocycles. The first-order valence-electron chi connectivity index (χ1n) is 7.71. The Balaban J connectivity index is 2.07. The van der Waals surface area contributed by atoms with Crippen LogP contribution in [0.4, 0.5) is 0 Å². The zero-order valence-corrected chi connectivity index (χ0v) is 12.0. The normalized spacial score (nSPS) is 27.3. The maximum Gasteiger partial charge on any atom is 0.225 e. The van der Waals surface area contributed by atoms with E-state index in [0.29, 0.717) is 11.9 Å². The van der Waals surface area contributed by atoms with Crippen molar-refractivity contribution in [1.29, 1.82) is 0 Å². The second-order valence-electron chi connectivity index (χ2n) is 6.19. The van der Waals surface area contributed by atoms with Gasteiger partial charge in [-0.1, -0.05) is 26.7 Å². The molecule has 0 spiro atoms. The highest BCUT2D eigenvalue weighted by Crippen LogP contribution is 2.29. The first-order chi connectivity index (χ1) is 8.70. The Hall–Kier alpha value is -0.570. The number of rotatable bonds is 2. The number of hydrogen-bond donors (Lipinski definition) is 1. The van der Waals surface area contributed by atoms with Crippen molar-refractivity contribution in [3.8, 4) is 0 Å². The van der Waals surface area contributed by atoms with Gasteiger partial charge in [-0.3, -0.25) is 4.79 Å². The quantitative estimate of drug-likeness (QED) is 0.818. The van der Waals surface area contributed by atoms with E-state index in [2.05, 4.69) is 10.2 Å². The van der Waals surface area contributed by atoms with Crippen molar-refractivity contribution in [2.75, 3.05) is 19.6 Å².